The Morgan fingerprint density at radius 2 is 0.689 bits per heavy atom. The van der Waals surface area contributed by atoms with Crippen LogP contribution in [0.3, 0.4) is 0 Å². The smallest absolute Gasteiger partial charge is 0.121 e. The zero-order chi connectivity index (χ0) is 29.8. The molecule has 9 rings (SSSR count). The summed E-state index contributed by atoms with van der Waals surface area (Å²) >= 11 is 0. The van der Waals surface area contributed by atoms with Gasteiger partial charge in [0.25, 0.3) is 0 Å². The molecule has 0 aromatic heterocycles. The second-order valence-electron chi connectivity index (χ2n) is 10.5. The van der Waals surface area contributed by atoms with E-state index in [-0.39, 0.29) is 25.8 Å². The molecule has 0 unspecified atom stereocenters. The van der Waals surface area contributed by atoms with Crippen LogP contribution in [-0.2, 0) is 25.8 Å². The van der Waals surface area contributed by atoms with Crippen LogP contribution in [0.25, 0.3) is 43.1 Å². The standard InChI is InChI=1S/C13H9.C12H10Si.2C9H7.Hf/c1-3-7-12-10(5-1)9-11-6-2-4-8-13(11)12;1-3-7-11(8-4-1)13-12-9-5-2-6-10-12;2*1-2-5-9-7-3-6-8(9)4-1;/h1-9H;1-10H;2*1-7H;/q-1;;2*-1;. The molecule has 0 bridgehead atoms. The van der Waals surface area contributed by atoms with Gasteiger partial charge in [-0.3, -0.25) is 0 Å². The van der Waals surface area contributed by atoms with Gasteiger partial charge in [0.2, 0.25) is 0 Å². The number of hydrogen-bond acceptors (Lipinski definition) is 0. The maximum atomic E-state index is 2.24. The van der Waals surface area contributed by atoms with Crippen molar-refractivity contribution in [3.8, 4) is 0 Å². The van der Waals surface area contributed by atoms with Gasteiger partial charge in [-0.25, -0.2) is 0 Å². The first-order valence-electron chi connectivity index (χ1n) is 14.9. The van der Waals surface area contributed by atoms with Crippen LogP contribution in [-0.4, -0.2) is 9.52 Å². The van der Waals surface area contributed by atoms with E-state index in [2.05, 4.69) is 200 Å². The normalized spacial score (nSPS) is 10.1. The summed E-state index contributed by atoms with van der Waals surface area (Å²) < 4.78 is 0. The third-order valence-corrected chi connectivity index (χ3v) is 8.70. The molecule has 0 fully saturated rings. The van der Waals surface area contributed by atoms with Gasteiger partial charge in [0, 0.05) is 25.8 Å². The molecule has 0 aliphatic carbocycles. The number of benzene rings is 6. The van der Waals surface area contributed by atoms with Crippen LogP contribution < -0.4 is 10.4 Å². The second kappa shape index (κ2) is 16.5. The quantitative estimate of drug-likeness (QED) is 0.122. The molecule has 216 valence electrons. The monoisotopic (exact) mass is 757 g/mol. The predicted octanol–water partition coefficient (Wildman–Crippen LogP) is 10.2. The fraction of sp³-hybridized carbons (Fsp3) is 0. The van der Waals surface area contributed by atoms with Gasteiger partial charge in [-0.15, -0.1) is 99.0 Å². The molecular formula is C43H33HfSi-3. The number of fused-ring (bicyclic) bond motifs is 5. The first-order chi connectivity index (χ1) is 21.8. The molecule has 0 aliphatic rings. The molecule has 0 atom stereocenters. The number of hydrogen-bond donors (Lipinski definition) is 0. The van der Waals surface area contributed by atoms with Crippen LogP contribution in [0.5, 0.6) is 0 Å². The molecule has 0 spiro atoms. The summed E-state index contributed by atoms with van der Waals surface area (Å²) in [5.74, 6) is 0. The van der Waals surface area contributed by atoms with Crippen molar-refractivity contribution < 1.29 is 25.8 Å². The van der Waals surface area contributed by atoms with E-state index in [4.69, 9.17) is 0 Å². The Morgan fingerprint density at radius 1 is 0.333 bits per heavy atom. The van der Waals surface area contributed by atoms with Gasteiger partial charge in [-0.1, -0.05) is 120 Å². The molecule has 0 nitrogen and oxygen atoms in total. The molecule has 2 radical (unpaired) electrons. The van der Waals surface area contributed by atoms with Crippen molar-refractivity contribution in [3.05, 3.63) is 200 Å². The van der Waals surface area contributed by atoms with E-state index in [1.807, 2.05) is 0 Å². The van der Waals surface area contributed by atoms with Crippen LogP contribution in [0.15, 0.2) is 200 Å². The van der Waals surface area contributed by atoms with Gasteiger partial charge in [0.05, 0.1) is 0 Å². The van der Waals surface area contributed by atoms with Crippen molar-refractivity contribution in [1.29, 1.82) is 0 Å². The minimum Gasteiger partial charge on any atom is -0.168 e. The van der Waals surface area contributed by atoms with E-state index in [1.165, 1.54) is 53.5 Å². The zero-order valence-corrected chi connectivity index (χ0v) is 29.6. The van der Waals surface area contributed by atoms with Gasteiger partial charge in [0.1, 0.15) is 9.52 Å². The SMILES string of the molecule is [Hf].c1ccc([Si]c2ccccc2)cc1.c1ccc2[cH-]ccc2c1.c1ccc2[cH-]ccc2c1.c1ccc2c(c1)[cH-]c1ccccc12. The van der Waals surface area contributed by atoms with Crippen LogP contribution in [0.1, 0.15) is 0 Å². The molecule has 0 saturated heterocycles. The fourth-order valence-corrected chi connectivity index (χ4v) is 6.30. The van der Waals surface area contributed by atoms with Crippen molar-refractivity contribution in [3.63, 3.8) is 0 Å². The molecule has 0 aliphatic heterocycles. The van der Waals surface area contributed by atoms with Crippen LogP contribution in [0.4, 0.5) is 0 Å². The van der Waals surface area contributed by atoms with E-state index in [9.17, 15) is 0 Å². The fourth-order valence-electron chi connectivity index (χ4n) is 5.25. The van der Waals surface area contributed by atoms with Crippen molar-refractivity contribution in [2.24, 2.45) is 0 Å². The minimum absolute atomic E-state index is 0. The van der Waals surface area contributed by atoms with Gasteiger partial charge >= 0.3 is 0 Å². The largest absolute Gasteiger partial charge is 0.168 e. The summed E-state index contributed by atoms with van der Waals surface area (Å²) in [4.78, 5) is 0. The Labute approximate surface area is 287 Å². The van der Waals surface area contributed by atoms with Gasteiger partial charge in [-0.05, 0) is 0 Å². The average Bonchev–Trinajstić information content (AvgIpc) is 3.85. The van der Waals surface area contributed by atoms with Gasteiger partial charge in [0.15, 0.2) is 0 Å². The molecule has 0 saturated carbocycles. The van der Waals surface area contributed by atoms with Crippen molar-refractivity contribution >= 4 is 63.0 Å². The molecule has 2 heteroatoms. The Morgan fingerprint density at radius 3 is 1.11 bits per heavy atom. The zero-order valence-electron chi connectivity index (χ0n) is 25.1. The third kappa shape index (κ3) is 8.79. The third-order valence-electron chi connectivity index (χ3n) is 7.45. The van der Waals surface area contributed by atoms with Gasteiger partial charge < -0.3 is 0 Å². The summed E-state index contributed by atoms with van der Waals surface area (Å²) in [5.41, 5.74) is 0. The maximum absolute atomic E-state index is 2.24. The Hall–Kier alpha value is -4.50. The summed E-state index contributed by atoms with van der Waals surface area (Å²) in [5, 5.41) is 13.5. The van der Waals surface area contributed by atoms with E-state index in [0.29, 0.717) is 0 Å². The van der Waals surface area contributed by atoms with Crippen LogP contribution in [0.2, 0.25) is 0 Å². The Balaban J connectivity index is 0.000000119. The summed E-state index contributed by atoms with van der Waals surface area (Å²) in [7, 11) is 0.777. The van der Waals surface area contributed by atoms with E-state index < -0.39 is 0 Å². The van der Waals surface area contributed by atoms with Crippen molar-refractivity contribution in [1.82, 2.24) is 0 Å². The molecular weight excluding hydrogens is 723 g/mol. The predicted molar refractivity (Wildman–Crippen MR) is 194 cm³/mol. The average molecular weight is 756 g/mol. The second-order valence-corrected chi connectivity index (χ2v) is 11.9. The van der Waals surface area contributed by atoms with Crippen molar-refractivity contribution in [2.75, 3.05) is 0 Å². The van der Waals surface area contributed by atoms with E-state index in [0.717, 1.165) is 9.52 Å². The number of rotatable bonds is 2. The van der Waals surface area contributed by atoms with Crippen LogP contribution >= 0.6 is 0 Å². The first-order valence-corrected chi connectivity index (χ1v) is 15.9. The molecule has 9 aromatic carbocycles. The van der Waals surface area contributed by atoms with E-state index >= 15 is 0 Å². The Kier molecular flexibility index (Phi) is 11.7. The van der Waals surface area contributed by atoms with Crippen molar-refractivity contribution in [2.45, 2.75) is 0 Å². The maximum Gasteiger partial charge on any atom is 0.121 e. The minimum atomic E-state index is 0. The molecule has 0 N–H and O–H groups in total. The first kappa shape index (κ1) is 31.9. The summed E-state index contributed by atoms with van der Waals surface area (Å²) in [6.07, 6.45) is 0. The van der Waals surface area contributed by atoms with Gasteiger partial charge in [-0.2, -0.15) is 35.0 Å². The topological polar surface area (TPSA) is 0 Å². The molecule has 0 amide bonds. The molecule has 9 aromatic rings. The molecule has 0 heterocycles. The van der Waals surface area contributed by atoms with Crippen LogP contribution in [0, 0.1) is 0 Å². The Bertz CT molecular complexity index is 1930. The summed E-state index contributed by atoms with van der Waals surface area (Å²) in [6, 6.07) is 69.8. The summed E-state index contributed by atoms with van der Waals surface area (Å²) in [6.45, 7) is 0. The molecule has 45 heavy (non-hydrogen) atoms. The van der Waals surface area contributed by atoms with E-state index in [1.54, 1.807) is 0 Å².